The number of sulfonamides is 1. The van der Waals surface area contributed by atoms with Crippen molar-refractivity contribution in [1.29, 1.82) is 0 Å². The first-order valence-corrected chi connectivity index (χ1v) is 16.5. The van der Waals surface area contributed by atoms with E-state index in [1.54, 1.807) is 11.0 Å². The van der Waals surface area contributed by atoms with Crippen LogP contribution in [0.2, 0.25) is 0 Å². The molecule has 42 heavy (non-hydrogen) atoms. The summed E-state index contributed by atoms with van der Waals surface area (Å²) in [6.07, 6.45) is 2.75. The molecule has 3 aromatic rings. The average Bonchev–Trinajstić information content (AvgIpc) is 2.94. The largest absolute Gasteiger partial charge is 0.352 e. The van der Waals surface area contributed by atoms with Crippen molar-refractivity contribution in [1.82, 2.24) is 10.2 Å². The smallest absolute Gasteiger partial charge is 0.243 e. The maximum Gasteiger partial charge on any atom is 0.243 e. The van der Waals surface area contributed by atoms with Crippen molar-refractivity contribution in [2.75, 3.05) is 17.1 Å². The van der Waals surface area contributed by atoms with Crippen LogP contribution in [0.5, 0.6) is 0 Å². The van der Waals surface area contributed by atoms with Crippen molar-refractivity contribution >= 4 is 27.5 Å². The highest BCUT2D eigenvalue weighted by Crippen LogP contribution is 2.23. The molecular formula is C34H45N3O4S. The van der Waals surface area contributed by atoms with Gasteiger partial charge in [-0.2, -0.15) is 0 Å². The molecule has 2 amide bonds. The second-order valence-corrected chi connectivity index (χ2v) is 13.1. The van der Waals surface area contributed by atoms with Crippen LogP contribution in [0.4, 0.5) is 5.69 Å². The lowest BCUT2D eigenvalue weighted by Crippen LogP contribution is -2.52. The van der Waals surface area contributed by atoms with Crippen LogP contribution in [-0.2, 0) is 32.6 Å². The average molecular weight is 592 g/mol. The van der Waals surface area contributed by atoms with Gasteiger partial charge in [-0.15, -0.1) is 0 Å². The Balaban J connectivity index is 1.90. The molecule has 0 radical (unpaired) electrons. The van der Waals surface area contributed by atoms with Gasteiger partial charge in [0.15, 0.2) is 0 Å². The van der Waals surface area contributed by atoms with Gasteiger partial charge >= 0.3 is 0 Å². The minimum atomic E-state index is -3.56. The third-order valence-electron chi connectivity index (χ3n) is 7.64. The van der Waals surface area contributed by atoms with Crippen LogP contribution in [-0.4, -0.2) is 50.0 Å². The third-order valence-corrected chi connectivity index (χ3v) is 8.83. The molecular weight excluding hydrogens is 546 g/mol. The molecule has 0 spiro atoms. The molecule has 3 rings (SSSR count). The fraction of sp³-hybridized carbons (Fsp3) is 0.412. The maximum absolute atomic E-state index is 14.0. The number of hydrogen-bond donors (Lipinski definition) is 1. The number of anilines is 1. The van der Waals surface area contributed by atoms with Crippen LogP contribution in [0.1, 0.15) is 60.9 Å². The first kappa shape index (κ1) is 32.9. The monoisotopic (exact) mass is 591 g/mol. The number of carbonyl (C=O) groups excluding carboxylic acids is 2. The van der Waals surface area contributed by atoms with Gasteiger partial charge in [0.1, 0.15) is 6.04 Å². The quantitative estimate of drug-likeness (QED) is 0.260. The molecule has 0 aliphatic heterocycles. The van der Waals surface area contributed by atoms with Crippen LogP contribution < -0.4 is 9.62 Å². The fourth-order valence-corrected chi connectivity index (χ4v) is 5.84. The second-order valence-electron chi connectivity index (χ2n) is 11.2. The van der Waals surface area contributed by atoms with Gasteiger partial charge in [-0.1, -0.05) is 73.2 Å². The lowest BCUT2D eigenvalue weighted by molar-refractivity contribution is -0.141. The highest BCUT2D eigenvalue weighted by Gasteiger charge is 2.31. The number of aryl methyl sites for hydroxylation is 3. The van der Waals surface area contributed by atoms with Gasteiger partial charge in [-0.25, -0.2) is 8.42 Å². The summed E-state index contributed by atoms with van der Waals surface area (Å²) in [6.45, 7) is 10.3. The molecule has 8 heteroatoms. The van der Waals surface area contributed by atoms with E-state index in [-0.39, 0.29) is 37.4 Å². The predicted molar refractivity (Wildman–Crippen MR) is 171 cm³/mol. The summed E-state index contributed by atoms with van der Waals surface area (Å²) in [7, 11) is -3.56. The molecule has 3 aromatic carbocycles. The van der Waals surface area contributed by atoms with E-state index in [1.807, 2.05) is 101 Å². The van der Waals surface area contributed by atoms with Crippen molar-refractivity contribution in [2.45, 2.75) is 78.9 Å². The van der Waals surface area contributed by atoms with Gasteiger partial charge in [-0.3, -0.25) is 13.9 Å². The topological polar surface area (TPSA) is 86.8 Å². The van der Waals surface area contributed by atoms with E-state index in [0.717, 1.165) is 34.2 Å². The zero-order chi connectivity index (χ0) is 30.9. The molecule has 0 aliphatic carbocycles. The molecule has 0 aliphatic rings. The number of nitrogens with zero attached hydrogens (tertiary/aromatic N) is 2. The first-order valence-electron chi connectivity index (χ1n) is 14.6. The lowest BCUT2D eigenvalue weighted by Gasteiger charge is -2.33. The highest BCUT2D eigenvalue weighted by atomic mass is 32.2. The number of rotatable bonds is 14. The van der Waals surface area contributed by atoms with E-state index >= 15 is 0 Å². The summed E-state index contributed by atoms with van der Waals surface area (Å²) < 4.78 is 26.8. The number of hydrogen-bond acceptors (Lipinski definition) is 4. The Morgan fingerprint density at radius 1 is 0.881 bits per heavy atom. The lowest BCUT2D eigenvalue weighted by atomic mass is 10.0. The normalized spacial score (nSPS) is 12.8. The minimum Gasteiger partial charge on any atom is -0.352 e. The van der Waals surface area contributed by atoms with E-state index in [1.165, 1.54) is 10.6 Å². The minimum absolute atomic E-state index is 0.0343. The summed E-state index contributed by atoms with van der Waals surface area (Å²) >= 11 is 0. The number of nitrogens with one attached hydrogen (secondary N) is 1. The number of carbonyl (C=O) groups is 2. The summed E-state index contributed by atoms with van der Waals surface area (Å²) in [5.74, 6) is -0.382. The summed E-state index contributed by atoms with van der Waals surface area (Å²) in [4.78, 5) is 29.3. The van der Waals surface area contributed by atoms with Gasteiger partial charge in [-0.05, 0) is 74.9 Å². The molecule has 0 saturated heterocycles. The van der Waals surface area contributed by atoms with Crippen molar-refractivity contribution < 1.29 is 18.0 Å². The first-order chi connectivity index (χ1) is 19.9. The Hall–Kier alpha value is -3.65. The van der Waals surface area contributed by atoms with Crippen LogP contribution in [0.25, 0.3) is 0 Å². The highest BCUT2D eigenvalue weighted by molar-refractivity contribution is 7.92. The van der Waals surface area contributed by atoms with Gasteiger partial charge in [0, 0.05) is 32.0 Å². The van der Waals surface area contributed by atoms with Crippen molar-refractivity contribution in [2.24, 2.45) is 0 Å². The van der Waals surface area contributed by atoms with Crippen LogP contribution in [0.15, 0.2) is 72.8 Å². The van der Waals surface area contributed by atoms with E-state index in [9.17, 15) is 18.0 Å². The van der Waals surface area contributed by atoms with Gasteiger partial charge in [0.2, 0.25) is 21.8 Å². The molecule has 0 fully saturated rings. The molecule has 226 valence electrons. The van der Waals surface area contributed by atoms with Crippen molar-refractivity contribution in [3.05, 3.63) is 101 Å². The SMILES string of the molecule is CC[C@H](C)NC(=O)[C@@H](Cc1ccccc1)N(Cc1cccc(C)c1)C(=O)CCCN(c1ccc(C)c(C)c1)S(C)(=O)=O. The Bertz CT molecular complexity index is 1460. The second kappa shape index (κ2) is 15.0. The van der Waals surface area contributed by atoms with Gasteiger partial charge in [0.05, 0.1) is 11.9 Å². The molecule has 0 heterocycles. The molecule has 0 saturated carbocycles. The number of benzene rings is 3. The predicted octanol–water partition coefficient (Wildman–Crippen LogP) is 5.71. The van der Waals surface area contributed by atoms with E-state index in [0.29, 0.717) is 18.5 Å². The van der Waals surface area contributed by atoms with E-state index < -0.39 is 16.1 Å². The summed E-state index contributed by atoms with van der Waals surface area (Å²) in [6, 6.07) is 22.5. The Labute approximate surface area is 252 Å². The van der Waals surface area contributed by atoms with Crippen LogP contribution in [0.3, 0.4) is 0 Å². The van der Waals surface area contributed by atoms with E-state index in [2.05, 4.69) is 5.32 Å². The fourth-order valence-electron chi connectivity index (χ4n) is 4.89. The summed E-state index contributed by atoms with van der Waals surface area (Å²) in [5, 5.41) is 3.09. The molecule has 0 unspecified atom stereocenters. The zero-order valence-electron chi connectivity index (χ0n) is 25.8. The molecule has 2 atom stereocenters. The Kier molecular flexibility index (Phi) is 11.7. The number of amides is 2. The third kappa shape index (κ3) is 9.44. The van der Waals surface area contributed by atoms with E-state index in [4.69, 9.17) is 0 Å². The van der Waals surface area contributed by atoms with Gasteiger partial charge in [0.25, 0.3) is 0 Å². The summed E-state index contributed by atoms with van der Waals surface area (Å²) in [5.41, 5.74) is 5.62. The Morgan fingerprint density at radius 3 is 2.19 bits per heavy atom. The van der Waals surface area contributed by atoms with Crippen molar-refractivity contribution in [3.8, 4) is 0 Å². The standard InChI is InChI=1S/C34H45N3O4S/c1-7-28(5)35-34(39)32(23-29-14-9-8-10-15-29)36(24-30-16-11-13-25(2)21-30)33(38)17-12-20-37(42(6,40)41)31-19-18-26(3)27(4)22-31/h8-11,13-16,18-19,21-22,28,32H,7,12,17,20,23-24H2,1-6H3,(H,35,39)/t28-,32+/m0/s1. The molecule has 7 nitrogen and oxygen atoms in total. The molecule has 0 bridgehead atoms. The zero-order valence-corrected chi connectivity index (χ0v) is 26.6. The van der Waals surface area contributed by atoms with Crippen molar-refractivity contribution in [3.63, 3.8) is 0 Å². The molecule has 0 aromatic heterocycles. The Morgan fingerprint density at radius 2 is 1.57 bits per heavy atom. The van der Waals surface area contributed by atoms with Gasteiger partial charge < -0.3 is 10.2 Å². The maximum atomic E-state index is 14.0. The van der Waals surface area contributed by atoms with Crippen LogP contribution in [0, 0.1) is 20.8 Å². The van der Waals surface area contributed by atoms with Crippen LogP contribution >= 0.6 is 0 Å². The molecule has 1 N–H and O–H groups in total.